The summed E-state index contributed by atoms with van der Waals surface area (Å²) >= 11 is 0. The van der Waals surface area contributed by atoms with Crippen LogP contribution in [0.1, 0.15) is 44.9 Å². The predicted molar refractivity (Wildman–Crippen MR) is 98.2 cm³/mol. The molecule has 1 fully saturated rings. The number of likely N-dealkylation sites (N-methyl/N-ethyl adjacent to an activating group) is 1. The lowest BCUT2D eigenvalue weighted by Gasteiger charge is -2.28. The van der Waals surface area contributed by atoms with Gasteiger partial charge in [-0.3, -0.25) is 9.69 Å². The smallest absolute Gasteiger partial charge is 0.237 e. The molecule has 5 heteroatoms. The SMILES string of the molecule is CC(NC(=O)C(C)N(C)CC1CCCC1O)c1cc2ccccc2o1. The lowest BCUT2D eigenvalue weighted by Crippen LogP contribution is -2.46. The molecule has 0 saturated heterocycles. The van der Waals surface area contributed by atoms with Crippen molar-refractivity contribution in [3.05, 3.63) is 36.1 Å². The lowest BCUT2D eigenvalue weighted by molar-refractivity contribution is -0.126. The maximum Gasteiger partial charge on any atom is 0.237 e. The number of aliphatic hydroxyl groups is 1. The highest BCUT2D eigenvalue weighted by Gasteiger charge is 2.29. The van der Waals surface area contributed by atoms with Crippen LogP contribution >= 0.6 is 0 Å². The molecular formula is C20H28N2O3. The van der Waals surface area contributed by atoms with Crippen molar-refractivity contribution in [1.29, 1.82) is 0 Å². The van der Waals surface area contributed by atoms with Crippen molar-refractivity contribution in [2.24, 2.45) is 5.92 Å². The maximum absolute atomic E-state index is 12.6. The van der Waals surface area contributed by atoms with Gasteiger partial charge in [0.25, 0.3) is 0 Å². The minimum Gasteiger partial charge on any atom is -0.459 e. The number of carbonyl (C=O) groups is 1. The number of hydrogen-bond acceptors (Lipinski definition) is 4. The predicted octanol–water partition coefficient (Wildman–Crippen LogP) is 3.09. The first kappa shape index (κ1) is 18.0. The van der Waals surface area contributed by atoms with Crippen LogP contribution in [-0.4, -0.2) is 41.7 Å². The van der Waals surface area contributed by atoms with Gasteiger partial charge in [-0.1, -0.05) is 24.6 Å². The number of benzene rings is 1. The normalized spacial score (nSPS) is 23.1. The first-order valence-corrected chi connectivity index (χ1v) is 9.13. The molecule has 0 bridgehead atoms. The van der Waals surface area contributed by atoms with Crippen LogP contribution in [0.2, 0.25) is 0 Å². The number of nitrogens with one attached hydrogen (secondary N) is 1. The third kappa shape index (κ3) is 4.05. The molecule has 25 heavy (non-hydrogen) atoms. The molecule has 2 aromatic rings. The number of fused-ring (bicyclic) bond motifs is 1. The summed E-state index contributed by atoms with van der Waals surface area (Å²) in [5.41, 5.74) is 0.832. The van der Waals surface area contributed by atoms with Crippen molar-refractivity contribution < 1.29 is 14.3 Å². The molecule has 1 aliphatic rings. The molecule has 0 spiro atoms. The van der Waals surface area contributed by atoms with Crippen LogP contribution in [0, 0.1) is 5.92 Å². The van der Waals surface area contributed by atoms with E-state index in [1.54, 1.807) is 0 Å². The molecule has 4 atom stereocenters. The first-order chi connectivity index (χ1) is 12.0. The number of nitrogens with zero attached hydrogens (tertiary/aromatic N) is 1. The molecule has 3 rings (SSSR count). The Labute approximate surface area is 149 Å². The summed E-state index contributed by atoms with van der Waals surface area (Å²) in [6.45, 7) is 4.58. The van der Waals surface area contributed by atoms with Gasteiger partial charge in [0.05, 0.1) is 18.2 Å². The minimum absolute atomic E-state index is 0.0251. The van der Waals surface area contributed by atoms with Crippen LogP contribution in [0.5, 0.6) is 0 Å². The van der Waals surface area contributed by atoms with E-state index in [-0.39, 0.29) is 30.0 Å². The van der Waals surface area contributed by atoms with Gasteiger partial charge in [0.1, 0.15) is 11.3 Å². The van der Waals surface area contributed by atoms with Crippen molar-refractivity contribution in [2.45, 2.75) is 51.3 Å². The van der Waals surface area contributed by atoms with Gasteiger partial charge in [-0.05, 0) is 51.8 Å². The minimum atomic E-state index is -0.250. The van der Waals surface area contributed by atoms with Crippen molar-refractivity contribution in [2.75, 3.05) is 13.6 Å². The second-order valence-electron chi connectivity index (χ2n) is 7.29. The Balaban J connectivity index is 1.58. The van der Waals surface area contributed by atoms with Gasteiger partial charge in [0.15, 0.2) is 0 Å². The van der Waals surface area contributed by atoms with Crippen molar-refractivity contribution >= 4 is 16.9 Å². The molecular weight excluding hydrogens is 316 g/mol. The summed E-state index contributed by atoms with van der Waals surface area (Å²) in [6, 6.07) is 9.38. The molecule has 2 N–H and O–H groups in total. The van der Waals surface area contributed by atoms with E-state index in [1.807, 2.05) is 56.1 Å². The summed E-state index contributed by atoms with van der Waals surface area (Å²) < 4.78 is 5.83. The third-order valence-electron chi connectivity index (χ3n) is 5.41. The van der Waals surface area contributed by atoms with E-state index in [4.69, 9.17) is 4.42 Å². The number of aliphatic hydroxyl groups excluding tert-OH is 1. The molecule has 4 unspecified atom stereocenters. The van der Waals surface area contributed by atoms with Gasteiger partial charge in [0, 0.05) is 11.9 Å². The van der Waals surface area contributed by atoms with Gasteiger partial charge in [-0.15, -0.1) is 0 Å². The van der Waals surface area contributed by atoms with Crippen LogP contribution in [0.4, 0.5) is 0 Å². The van der Waals surface area contributed by atoms with Crippen LogP contribution < -0.4 is 5.32 Å². The number of hydrogen-bond donors (Lipinski definition) is 2. The van der Waals surface area contributed by atoms with Crippen LogP contribution in [0.15, 0.2) is 34.7 Å². The fraction of sp³-hybridized carbons (Fsp3) is 0.550. The highest BCUT2D eigenvalue weighted by Crippen LogP contribution is 2.27. The quantitative estimate of drug-likeness (QED) is 0.845. The lowest BCUT2D eigenvalue weighted by atomic mass is 10.0. The fourth-order valence-corrected chi connectivity index (χ4v) is 3.58. The van der Waals surface area contributed by atoms with Crippen LogP contribution in [0.3, 0.4) is 0 Å². The number of amides is 1. The molecule has 1 heterocycles. The van der Waals surface area contributed by atoms with E-state index >= 15 is 0 Å². The Hall–Kier alpha value is -1.85. The largest absolute Gasteiger partial charge is 0.459 e. The number of carbonyl (C=O) groups excluding carboxylic acids is 1. The molecule has 1 aliphatic carbocycles. The summed E-state index contributed by atoms with van der Waals surface area (Å²) in [6.07, 6.45) is 2.76. The average molecular weight is 344 g/mol. The van der Waals surface area contributed by atoms with E-state index in [0.717, 1.165) is 42.5 Å². The van der Waals surface area contributed by atoms with Gasteiger partial charge in [0.2, 0.25) is 5.91 Å². The molecule has 1 aromatic carbocycles. The van der Waals surface area contributed by atoms with Crippen LogP contribution in [0.25, 0.3) is 11.0 Å². The zero-order valence-electron chi connectivity index (χ0n) is 15.2. The Morgan fingerprint density at radius 2 is 2.12 bits per heavy atom. The van der Waals surface area contributed by atoms with Crippen LogP contribution in [-0.2, 0) is 4.79 Å². The number of furan rings is 1. The third-order valence-corrected chi connectivity index (χ3v) is 5.41. The van der Waals surface area contributed by atoms with Crippen molar-refractivity contribution in [3.63, 3.8) is 0 Å². The Morgan fingerprint density at radius 1 is 1.36 bits per heavy atom. The van der Waals surface area contributed by atoms with Gasteiger partial charge in [-0.25, -0.2) is 0 Å². The average Bonchev–Trinajstić information content (AvgIpc) is 3.20. The van der Waals surface area contributed by atoms with Gasteiger partial charge >= 0.3 is 0 Å². The summed E-state index contributed by atoms with van der Waals surface area (Å²) in [5.74, 6) is 1.01. The Bertz CT molecular complexity index is 694. The van der Waals surface area contributed by atoms with E-state index < -0.39 is 0 Å². The highest BCUT2D eigenvalue weighted by atomic mass is 16.3. The van der Waals surface area contributed by atoms with E-state index in [9.17, 15) is 9.90 Å². The van der Waals surface area contributed by atoms with Gasteiger partial charge in [-0.2, -0.15) is 0 Å². The molecule has 0 radical (unpaired) electrons. The molecule has 1 saturated carbocycles. The topological polar surface area (TPSA) is 65.7 Å². The second kappa shape index (κ2) is 7.58. The molecule has 0 aliphatic heterocycles. The van der Waals surface area contributed by atoms with E-state index in [2.05, 4.69) is 5.32 Å². The molecule has 136 valence electrons. The standard InChI is InChI=1S/C20H28N2O3/c1-13(19-11-15-7-4-5-10-18(15)25-19)21-20(24)14(2)22(3)12-16-8-6-9-17(16)23/h4-5,7,10-11,13-14,16-17,23H,6,8-9,12H2,1-3H3,(H,21,24). The maximum atomic E-state index is 12.6. The van der Waals surface area contributed by atoms with Crippen molar-refractivity contribution in [3.8, 4) is 0 Å². The molecule has 1 aromatic heterocycles. The number of rotatable bonds is 6. The Kier molecular flexibility index (Phi) is 5.45. The van der Waals surface area contributed by atoms with Gasteiger partial charge < -0.3 is 14.8 Å². The van der Waals surface area contributed by atoms with E-state index in [1.165, 1.54) is 0 Å². The van der Waals surface area contributed by atoms with Crippen molar-refractivity contribution in [1.82, 2.24) is 10.2 Å². The highest BCUT2D eigenvalue weighted by molar-refractivity contribution is 5.82. The summed E-state index contributed by atoms with van der Waals surface area (Å²) in [7, 11) is 1.95. The number of para-hydroxylation sites is 1. The zero-order chi connectivity index (χ0) is 18.0. The zero-order valence-corrected chi connectivity index (χ0v) is 15.2. The Morgan fingerprint density at radius 3 is 2.80 bits per heavy atom. The first-order valence-electron chi connectivity index (χ1n) is 9.13. The summed E-state index contributed by atoms with van der Waals surface area (Å²) in [4.78, 5) is 14.6. The molecule has 5 nitrogen and oxygen atoms in total. The fourth-order valence-electron chi connectivity index (χ4n) is 3.58. The van der Waals surface area contributed by atoms with E-state index in [0.29, 0.717) is 0 Å². The second-order valence-corrected chi connectivity index (χ2v) is 7.29. The monoisotopic (exact) mass is 344 g/mol. The summed E-state index contributed by atoms with van der Waals surface area (Å²) in [5, 5.41) is 14.1. The molecule has 1 amide bonds.